The molecule has 1 aliphatic rings. The summed E-state index contributed by atoms with van der Waals surface area (Å²) in [5.41, 5.74) is 2.43. The maximum absolute atomic E-state index is 5.54. The van der Waals surface area contributed by atoms with Crippen LogP contribution in [0.1, 0.15) is 12.8 Å². The monoisotopic (exact) mass is 276 g/mol. The van der Waals surface area contributed by atoms with Crippen molar-refractivity contribution in [1.29, 1.82) is 0 Å². The number of ether oxygens (including phenoxy) is 1. The molecular formula is C11H16N8O. The van der Waals surface area contributed by atoms with Gasteiger partial charge in [-0.1, -0.05) is 0 Å². The number of rotatable bonds is 5. The predicted molar refractivity (Wildman–Crippen MR) is 72.2 cm³/mol. The Morgan fingerprint density at radius 1 is 1.35 bits per heavy atom. The van der Waals surface area contributed by atoms with Crippen LogP contribution in [0.25, 0.3) is 5.95 Å². The molecule has 0 radical (unpaired) electrons. The molecule has 1 fully saturated rings. The summed E-state index contributed by atoms with van der Waals surface area (Å²) in [6.07, 6.45) is 7.36. The first kappa shape index (κ1) is 12.8. The number of hydrogen-bond acceptors (Lipinski definition) is 8. The number of nitrogens with one attached hydrogen (secondary N) is 2. The highest BCUT2D eigenvalue weighted by Crippen LogP contribution is 2.13. The van der Waals surface area contributed by atoms with Crippen molar-refractivity contribution in [2.24, 2.45) is 5.84 Å². The first-order valence-electron chi connectivity index (χ1n) is 6.41. The molecule has 106 valence electrons. The van der Waals surface area contributed by atoms with Gasteiger partial charge in [-0.05, 0) is 12.8 Å². The summed E-state index contributed by atoms with van der Waals surface area (Å²) < 4.78 is 7.22. The second kappa shape index (κ2) is 5.80. The van der Waals surface area contributed by atoms with Crippen molar-refractivity contribution in [3.63, 3.8) is 0 Å². The molecule has 0 saturated carbocycles. The first-order valence-corrected chi connectivity index (χ1v) is 6.41. The minimum Gasteiger partial charge on any atom is -0.376 e. The van der Waals surface area contributed by atoms with Crippen molar-refractivity contribution in [3.8, 4) is 5.95 Å². The smallest absolute Gasteiger partial charge is 0.243 e. The fourth-order valence-corrected chi connectivity index (χ4v) is 2.01. The number of hydrazine groups is 1. The van der Waals surface area contributed by atoms with Gasteiger partial charge in [-0.15, -0.1) is 0 Å². The normalized spacial score (nSPS) is 18.1. The largest absolute Gasteiger partial charge is 0.376 e. The Kier molecular flexibility index (Phi) is 3.70. The van der Waals surface area contributed by atoms with E-state index in [-0.39, 0.29) is 6.10 Å². The molecule has 1 atom stereocenters. The zero-order chi connectivity index (χ0) is 13.8. The van der Waals surface area contributed by atoms with E-state index in [0.717, 1.165) is 19.4 Å². The topological polar surface area (TPSA) is 116 Å². The van der Waals surface area contributed by atoms with Gasteiger partial charge in [0, 0.05) is 25.5 Å². The summed E-state index contributed by atoms with van der Waals surface area (Å²) in [5, 5.41) is 3.15. The molecule has 1 aliphatic heterocycles. The lowest BCUT2D eigenvalue weighted by Gasteiger charge is -2.12. The van der Waals surface area contributed by atoms with Crippen LogP contribution >= 0.6 is 0 Å². The highest BCUT2D eigenvalue weighted by Gasteiger charge is 2.16. The lowest BCUT2D eigenvalue weighted by molar-refractivity contribution is 0.120. The van der Waals surface area contributed by atoms with Crippen LogP contribution < -0.4 is 16.6 Å². The molecular weight excluding hydrogens is 260 g/mol. The van der Waals surface area contributed by atoms with Crippen molar-refractivity contribution < 1.29 is 4.74 Å². The Hall–Kier alpha value is -2.26. The number of anilines is 2. The third-order valence-corrected chi connectivity index (χ3v) is 3.00. The number of nitrogens with two attached hydrogens (primary N) is 1. The summed E-state index contributed by atoms with van der Waals surface area (Å²) in [6.45, 7) is 1.48. The van der Waals surface area contributed by atoms with Gasteiger partial charge in [-0.25, -0.2) is 10.8 Å². The maximum atomic E-state index is 5.54. The minimum absolute atomic E-state index is 0.206. The average molecular weight is 276 g/mol. The third-order valence-electron chi connectivity index (χ3n) is 3.00. The number of nitrogen functional groups attached to an aromatic ring is 1. The average Bonchev–Trinajstić information content (AvgIpc) is 3.17. The van der Waals surface area contributed by atoms with Gasteiger partial charge in [0.15, 0.2) is 0 Å². The van der Waals surface area contributed by atoms with Crippen LogP contribution in [-0.2, 0) is 4.74 Å². The van der Waals surface area contributed by atoms with Crippen LogP contribution in [-0.4, -0.2) is 43.8 Å². The highest BCUT2D eigenvalue weighted by molar-refractivity contribution is 5.37. The van der Waals surface area contributed by atoms with E-state index in [2.05, 4.69) is 30.7 Å². The minimum atomic E-state index is 0.206. The standard InChI is InChI=1S/C11H16N8O/c12-18-10-15-9(14-6-8-2-1-5-20-8)16-11(17-10)19-4-3-13-7-19/h3-4,7-8H,1-2,5-6,12H2,(H2,14,15,16,17,18). The molecule has 0 spiro atoms. The summed E-state index contributed by atoms with van der Waals surface area (Å²) in [4.78, 5) is 16.6. The van der Waals surface area contributed by atoms with Gasteiger partial charge >= 0.3 is 0 Å². The molecule has 0 bridgehead atoms. The van der Waals surface area contributed by atoms with E-state index < -0.39 is 0 Å². The maximum Gasteiger partial charge on any atom is 0.243 e. The molecule has 1 unspecified atom stereocenters. The molecule has 1 saturated heterocycles. The molecule has 4 N–H and O–H groups in total. The van der Waals surface area contributed by atoms with Gasteiger partial charge in [-0.3, -0.25) is 9.99 Å². The number of imidazole rings is 1. The molecule has 9 heteroatoms. The number of hydrogen-bond donors (Lipinski definition) is 3. The van der Waals surface area contributed by atoms with Gasteiger partial charge in [0.2, 0.25) is 17.8 Å². The van der Waals surface area contributed by atoms with Crippen molar-refractivity contribution >= 4 is 11.9 Å². The summed E-state index contributed by atoms with van der Waals surface area (Å²) >= 11 is 0. The number of nitrogens with zero attached hydrogens (tertiary/aromatic N) is 5. The van der Waals surface area contributed by atoms with E-state index in [9.17, 15) is 0 Å². The predicted octanol–water partition coefficient (Wildman–Crippen LogP) is -0.0662. The lowest BCUT2D eigenvalue weighted by atomic mass is 10.2. The van der Waals surface area contributed by atoms with Gasteiger partial charge < -0.3 is 10.1 Å². The fourth-order valence-electron chi connectivity index (χ4n) is 2.01. The van der Waals surface area contributed by atoms with Crippen molar-refractivity contribution in [3.05, 3.63) is 18.7 Å². The Balaban J connectivity index is 1.77. The molecule has 0 amide bonds. The van der Waals surface area contributed by atoms with Crippen molar-refractivity contribution in [2.45, 2.75) is 18.9 Å². The molecule has 0 aliphatic carbocycles. The van der Waals surface area contributed by atoms with Crippen LogP contribution in [0.3, 0.4) is 0 Å². The Morgan fingerprint density at radius 3 is 2.95 bits per heavy atom. The molecule has 0 aromatic carbocycles. The van der Waals surface area contributed by atoms with Gasteiger partial charge in [0.25, 0.3) is 0 Å². The Morgan fingerprint density at radius 2 is 2.25 bits per heavy atom. The van der Waals surface area contributed by atoms with Gasteiger partial charge in [0.1, 0.15) is 6.33 Å². The van der Waals surface area contributed by atoms with Gasteiger partial charge in [0.05, 0.1) is 6.10 Å². The van der Waals surface area contributed by atoms with Crippen LogP contribution in [0, 0.1) is 0 Å². The van der Waals surface area contributed by atoms with E-state index in [0.29, 0.717) is 24.4 Å². The van der Waals surface area contributed by atoms with Gasteiger partial charge in [-0.2, -0.15) is 15.0 Å². The molecule has 3 rings (SSSR count). The molecule has 9 nitrogen and oxygen atoms in total. The lowest BCUT2D eigenvalue weighted by Crippen LogP contribution is -2.21. The Labute approximate surface area is 115 Å². The second-order valence-electron chi connectivity index (χ2n) is 4.41. The SMILES string of the molecule is NNc1nc(NCC2CCCO2)nc(-n2ccnc2)n1. The van der Waals surface area contributed by atoms with E-state index in [1.165, 1.54) is 0 Å². The van der Waals surface area contributed by atoms with Crippen molar-refractivity contribution in [1.82, 2.24) is 24.5 Å². The van der Waals surface area contributed by atoms with E-state index >= 15 is 0 Å². The van der Waals surface area contributed by atoms with Crippen LogP contribution in [0.15, 0.2) is 18.7 Å². The summed E-state index contributed by atoms with van der Waals surface area (Å²) in [5.74, 6) is 6.57. The van der Waals surface area contributed by atoms with Crippen LogP contribution in [0.4, 0.5) is 11.9 Å². The molecule has 2 aromatic heterocycles. The zero-order valence-corrected chi connectivity index (χ0v) is 10.9. The van der Waals surface area contributed by atoms with E-state index in [1.807, 2.05) is 0 Å². The summed E-state index contributed by atoms with van der Waals surface area (Å²) in [6, 6.07) is 0. The summed E-state index contributed by atoms with van der Waals surface area (Å²) in [7, 11) is 0. The molecule has 3 heterocycles. The first-order chi connectivity index (χ1) is 9.85. The van der Waals surface area contributed by atoms with Crippen LogP contribution in [0.5, 0.6) is 0 Å². The second-order valence-corrected chi connectivity index (χ2v) is 4.41. The van der Waals surface area contributed by atoms with E-state index in [4.69, 9.17) is 10.6 Å². The van der Waals surface area contributed by atoms with E-state index in [1.54, 1.807) is 23.3 Å². The van der Waals surface area contributed by atoms with Crippen LogP contribution in [0.2, 0.25) is 0 Å². The number of aromatic nitrogens is 5. The molecule has 20 heavy (non-hydrogen) atoms. The third kappa shape index (κ3) is 2.83. The van der Waals surface area contributed by atoms with Crippen molar-refractivity contribution in [2.75, 3.05) is 23.9 Å². The fraction of sp³-hybridized carbons (Fsp3) is 0.455. The highest BCUT2D eigenvalue weighted by atomic mass is 16.5. The zero-order valence-electron chi connectivity index (χ0n) is 10.9. The molecule has 2 aromatic rings. The Bertz CT molecular complexity index is 552. The quantitative estimate of drug-likeness (QED) is 0.513.